The van der Waals surface area contributed by atoms with Crippen LogP contribution in [0.4, 0.5) is 5.69 Å². The van der Waals surface area contributed by atoms with Gasteiger partial charge in [-0.05, 0) is 30.5 Å². The molecule has 0 aliphatic carbocycles. The van der Waals surface area contributed by atoms with Crippen molar-refractivity contribution in [2.45, 2.75) is 25.4 Å². The minimum absolute atomic E-state index is 0.0343. The number of carbonyl (C=O) groups excluding carboxylic acids is 1. The van der Waals surface area contributed by atoms with Crippen molar-refractivity contribution in [2.75, 3.05) is 6.54 Å². The lowest BCUT2D eigenvalue weighted by atomic mass is 9.90. The molecule has 138 valence electrons. The third-order valence-electron chi connectivity index (χ3n) is 4.99. The lowest BCUT2D eigenvalue weighted by Crippen LogP contribution is -2.49. The Bertz CT molecular complexity index is 1030. The summed E-state index contributed by atoms with van der Waals surface area (Å²) in [6, 6.07) is 13.8. The van der Waals surface area contributed by atoms with E-state index in [1.165, 1.54) is 6.07 Å². The molecule has 2 atom stereocenters. The van der Waals surface area contributed by atoms with Crippen LogP contribution in [-0.2, 0) is 11.2 Å². The van der Waals surface area contributed by atoms with Gasteiger partial charge in [-0.1, -0.05) is 30.3 Å². The Labute approximate surface area is 155 Å². The number of nitrogens with one attached hydrogen (secondary N) is 3. The maximum absolute atomic E-state index is 12.5. The van der Waals surface area contributed by atoms with E-state index in [2.05, 4.69) is 15.6 Å². The second-order valence-corrected chi connectivity index (χ2v) is 6.67. The molecular weight excluding hydrogens is 344 g/mol. The number of rotatable bonds is 4. The van der Waals surface area contributed by atoms with Crippen LogP contribution in [0.25, 0.3) is 10.9 Å². The van der Waals surface area contributed by atoms with Crippen LogP contribution in [0.15, 0.2) is 48.5 Å². The Hall–Kier alpha value is -3.19. The quantitative estimate of drug-likeness (QED) is 0.489. The molecule has 0 fully saturated rings. The zero-order valence-corrected chi connectivity index (χ0v) is 14.9. The minimum atomic E-state index is -0.403. The van der Waals surface area contributed by atoms with E-state index < -0.39 is 11.0 Å². The van der Waals surface area contributed by atoms with Crippen LogP contribution in [0.2, 0.25) is 0 Å². The highest BCUT2D eigenvalue weighted by Crippen LogP contribution is 2.36. The number of likely N-dealkylation sites (N-methyl/N-ethyl adjacent to an activating group) is 1. The Kier molecular flexibility index (Phi) is 4.37. The summed E-state index contributed by atoms with van der Waals surface area (Å²) in [6.45, 7) is 2.44. The van der Waals surface area contributed by atoms with E-state index in [-0.39, 0.29) is 17.6 Å². The molecule has 1 aliphatic heterocycles. The molecule has 0 spiro atoms. The van der Waals surface area contributed by atoms with Crippen LogP contribution >= 0.6 is 0 Å². The number of carbonyl (C=O) groups is 1. The zero-order chi connectivity index (χ0) is 19.0. The van der Waals surface area contributed by atoms with Gasteiger partial charge in [-0.15, -0.1) is 0 Å². The van der Waals surface area contributed by atoms with Crippen LogP contribution in [0.3, 0.4) is 0 Å². The molecule has 0 radical (unpaired) electrons. The van der Waals surface area contributed by atoms with E-state index in [1.54, 1.807) is 12.1 Å². The summed E-state index contributed by atoms with van der Waals surface area (Å²) >= 11 is 0. The van der Waals surface area contributed by atoms with Gasteiger partial charge < -0.3 is 10.3 Å². The SMILES string of the molecule is CCNC(=O)[C@@H]1Cc2c([nH]c3ccccc23)C(c2cccc([N+](=O)[O-])c2)N1. The summed E-state index contributed by atoms with van der Waals surface area (Å²) in [6.07, 6.45) is 0.566. The van der Waals surface area contributed by atoms with Gasteiger partial charge in [-0.3, -0.25) is 20.2 Å². The van der Waals surface area contributed by atoms with Crippen LogP contribution in [-0.4, -0.2) is 28.4 Å². The van der Waals surface area contributed by atoms with E-state index in [4.69, 9.17) is 0 Å². The number of benzene rings is 2. The third-order valence-corrected chi connectivity index (χ3v) is 4.99. The van der Waals surface area contributed by atoms with E-state index in [9.17, 15) is 14.9 Å². The molecule has 7 nitrogen and oxygen atoms in total. The Morgan fingerprint density at radius 3 is 2.85 bits per heavy atom. The molecule has 0 bridgehead atoms. The highest BCUT2D eigenvalue weighted by Gasteiger charge is 2.34. The van der Waals surface area contributed by atoms with Crippen LogP contribution in [0.1, 0.15) is 29.8 Å². The summed E-state index contributed by atoms with van der Waals surface area (Å²) in [4.78, 5) is 26.8. The van der Waals surface area contributed by atoms with Crippen molar-refractivity contribution in [1.82, 2.24) is 15.6 Å². The number of nitro benzene ring substituents is 1. The predicted octanol–water partition coefficient (Wildman–Crippen LogP) is 2.82. The number of aromatic amines is 1. The van der Waals surface area contributed by atoms with Crippen molar-refractivity contribution in [3.8, 4) is 0 Å². The van der Waals surface area contributed by atoms with E-state index in [0.717, 1.165) is 27.7 Å². The molecule has 7 heteroatoms. The van der Waals surface area contributed by atoms with Crippen LogP contribution in [0.5, 0.6) is 0 Å². The fourth-order valence-electron chi connectivity index (χ4n) is 3.78. The predicted molar refractivity (Wildman–Crippen MR) is 103 cm³/mol. The van der Waals surface area contributed by atoms with Crippen molar-refractivity contribution in [3.63, 3.8) is 0 Å². The second-order valence-electron chi connectivity index (χ2n) is 6.67. The molecular formula is C20H20N4O3. The largest absolute Gasteiger partial charge is 0.357 e. The molecule has 3 N–H and O–H groups in total. The van der Waals surface area contributed by atoms with Gasteiger partial charge in [0.25, 0.3) is 5.69 Å². The van der Waals surface area contributed by atoms with Gasteiger partial charge in [0.1, 0.15) is 0 Å². The fourth-order valence-corrected chi connectivity index (χ4v) is 3.78. The fraction of sp³-hybridized carbons (Fsp3) is 0.250. The number of non-ortho nitro benzene ring substituents is 1. The lowest BCUT2D eigenvalue weighted by molar-refractivity contribution is -0.384. The number of H-pyrrole nitrogens is 1. The average molecular weight is 364 g/mol. The molecule has 1 unspecified atom stereocenters. The first-order valence-electron chi connectivity index (χ1n) is 8.96. The second kappa shape index (κ2) is 6.85. The number of para-hydroxylation sites is 1. The Morgan fingerprint density at radius 1 is 1.26 bits per heavy atom. The third kappa shape index (κ3) is 3.06. The highest BCUT2D eigenvalue weighted by molar-refractivity contribution is 5.88. The number of nitrogens with zero attached hydrogens (tertiary/aromatic N) is 1. The van der Waals surface area contributed by atoms with E-state index in [0.29, 0.717) is 13.0 Å². The minimum Gasteiger partial charge on any atom is -0.357 e. The van der Waals surface area contributed by atoms with Gasteiger partial charge in [-0.2, -0.15) is 0 Å². The van der Waals surface area contributed by atoms with Gasteiger partial charge >= 0.3 is 0 Å². The number of hydrogen-bond acceptors (Lipinski definition) is 4. The highest BCUT2D eigenvalue weighted by atomic mass is 16.6. The molecule has 3 aromatic rings. The van der Waals surface area contributed by atoms with E-state index in [1.807, 2.05) is 37.3 Å². The van der Waals surface area contributed by atoms with Crippen molar-refractivity contribution in [3.05, 3.63) is 75.5 Å². The summed E-state index contributed by atoms with van der Waals surface area (Å²) in [7, 11) is 0. The molecule has 4 rings (SSSR count). The van der Waals surface area contributed by atoms with E-state index >= 15 is 0 Å². The molecule has 1 aliphatic rings. The van der Waals surface area contributed by atoms with Crippen molar-refractivity contribution >= 4 is 22.5 Å². The number of nitro groups is 1. The Morgan fingerprint density at radius 2 is 2.07 bits per heavy atom. The molecule has 27 heavy (non-hydrogen) atoms. The number of fused-ring (bicyclic) bond motifs is 3. The monoisotopic (exact) mass is 364 g/mol. The first-order chi connectivity index (χ1) is 13.1. The van der Waals surface area contributed by atoms with Gasteiger partial charge in [0.05, 0.1) is 17.0 Å². The standard InChI is InChI=1S/C20H20N4O3/c1-2-21-20(25)17-11-15-14-8-3-4-9-16(14)22-19(15)18(23-17)12-6-5-7-13(10-12)24(26)27/h3-10,17-18,22-23H,2,11H2,1H3,(H,21,25)/t17-,18?/m0/s1. The van der Waals surface area contributed by atoms with Crippen molar-refractivity contribution in [1.29, 1.82) is 0 Å². The van der Waals surface area contributed by atoms with Crippen molar-refractivity contribution in [2.24, 2.45) is 0 Å². The number of amides is 1. The maximum atomic E-state index is 12.5. The first-order valence-corrected chi connectivity index (χ1v) is 8.96. The summed E-state index contributed by atoms with van der Waals surface area (Å²) in [5.74, 6) is -0.0659. The number of hydrogen-bond donors (Lipinski definition) is 3. The van der Waals surface area contributed by atoms with Crippen molar-refractivity contribution < 1.29 is 9.72 Å². The zero-order valence-electron chi connectivity index (χ0n) is 14.9. The van der Waals surface area contributed by atoms with Gasteiger partial charge in [-0.25, -0.2) is 0 Å². The summed E-state index contributed by atoms with van der Waals surface area (Å²) in [5, 5.41) is 18.5. The molecule has 0 saturated carbocycles. The smallest absolute Gasteiger partial charge is 0.269 e. The van der Waals surface area contributed by atoms with Gasteiger partial charge in [0, 0.05) is 35.3 Å². The summed E-state index contributed by atoms with van der Waals surface area (Å²) in [5.41, 5.74) is 3.82. The molecule has 2 aromatic carbocycles. The normalized spacial score (nSPS) is 18.9. The van der Waals surface area contributed by atoms with Crippen LogP contribution < -0.4 is 10.6 Å². The maximum Gasteiger partial charge on any atom is 0.269 e. The van der Waals surface area contributed by atoms with Crippen LogP contribution in [0, 0.1) is 10.1 Å². The molecule has 1 amide bonds. The molecule has 1 aromatic heterocycles. The average Bonchev–Trinajstić information content (AvgIpc) is 3.06. The molecule has 2 heterocycles. The van der Waals surface area contributed by atoms with Gasteiger partial charge in [0.2, 0.25) is 5.91 Å². The first kappa shape index (κ1) is 17.2. The summed E-state index contributed by atoms with van der Waals surface area (Å²) < 4.78 is 0. The topological polar surface area (TPSA) is 100 Å². The Balaban J connectivity index is 1.84. The number of aromatic nitrogens is 1. The molecule has 0 saturated heterocycles. The lowest BCUT2D eigenvalue weighted by Gasteiger charge is -2.31. The van der Waals surface area contributed by atoms with Gasteiger partial charge in [0.15, 0.2) is 0 Å².